The molecule has 1 heterocycles. The van der Waals surface area contributed by atoms with Gasteiger partial charge in [0, 0.05) is 30.0 Å². The number of amides is 1. The quantitative estimate of drug-likeness (QED) is 0.504. The molecule has 0 bridgehead atoms. The largest absolute Gasteiger partial charge is 0.497 e. The first kappa shape index (κ1) is 22.3. The number of nitrogens with zero attached hydrogens (tertiary/aromatic N) is 3. The van der Waals surface area contributed by atoms with Crippen LogP contribution in [0.4, 0.5) is 0 Å². The molecular formula is C21H24BrN3O4S. The topological polar surface area (TPSA) is 71.8 Å². The van der Waals surface area contributed by atoms with Crippen molar-refractivity contribution in [1.82, 2.24) is 13.8 Å². The van der Waals surface area contributed by atoms with Gasteiger partial charge in [-0.25, -0.2) is 12.4 Å². The molecule has 0 unspecified atom stereocenters. The van der Waals surface area contributed by atoms with Crippen molar-refractivity contribution in [2.75, 3.05) is 41.3 Å². The van der Waals surface area contributed by atoms with Crippen LogP contribution in [0, 0.1) is 0 Å². The van der Waals surface area contributed by atoms with Crippen LogP contribution in [0.15, 0.2) is 57.9 Å². The van der Waals surface area contributed by atoms with Crippen molar-refractivity contribution in [1.29, 1.82) is 0 Å². The molecule has 30 heavy (non-hydrogen) atoms. The highest BCUT2D eigenvalue weighted by Crippen LogP contribution is 2.32. The van der Waals surface area contributed by atoms with Gasteiger partial charge >= 0.3 is 0 Å². The van der Waals surface area contributed by atoms with E-state index in [9.17, 15) is 13.2 Å². The number of ether oxygens (including phenoxy) is 1. The monoisotopic (exact) mass is 493 g/mol. The molecule has 0 atom stereocenters. The molecule has 0 aliphatic heterocycles. The molecular weight excluding hydrogens is 470 g/mol. The lowest BCUT2D eigenvalue weighted by Crippen LogP contribution is -2.35. The number of halogens is 1. The fourth-order valence-electron chi connectivity index (χ4n) is 3.10. The molecule has 0 spiro atoms. The minimum Gasteiger partial charge on any atom is -0.497 e. The Morgan fingerprint density at radius 2 is 1.77 bits per heavy atom. The van der Waals surface area contributed by atoms with E-state index >= 15 is 0 Å². The fraction of sp³-hybridized carbons (Fsp3) is 0.286. The summed E-state index contributed by atoms with van der Waals surface area (Å²) in [7, 11) is 2.95. The van der Waals surface area contributed by atoms with Crippen molar-refractivity contribution < 1.29 is 17.9 Å². The summed E-state index contributed by atoms with van der Waals surface area (Å²) in [5.41, 5.74) is 0.546. The van der Waals surface area contributed by atoms with Gasteiger partial charge in [-0.3, -0.25) is 4.79 Å². The van der Waals surface area contributed by atoms with Gasteiger partial charge in [0.1, 0.15) is 16.3 Å². The number of methoxy groups -OCH3 is 1. The van der Waals surface area contributed by atoms with Crippen molar-refractivity contribution in [2.45, 2.75) is 4.90 Å². The van der Waals surface area contributed by atoms with Gasteiger partial charge in [0.25, 0.3) is 15.9 Å². The van der Waals surface area contributed by atoms with Crippen LogP contribution in [0.2, 0.25) is 0 Å². The van der Waals surface area contributed by atoms with Crippen LogP contribution in [0.3, 0.4) is 0 Å². The Bertz CT molecular complexity index is 1190. The molecule has 1 amide bonds. The van der Waals surface area contributed by atoms with E-state index in [0.717, 1.165) is 3.97 Å². The molecule has 3 rings (SSSR count). The summed E-state index contributed by atoms with van der Waals surface area (Å²) in [6, 6.07) is 13.3. The van der Waals surface area contributed by atoms with E-state index in [0.29, 0.717) is 34.2 Å². The molecule has 0 aliphatic rings. The molecule has 160 valence electrons. The van der Waals surface area contributed by atoms with Crippen LogP contribution in [0.1, 0.15) is 10.5 Å². The van der Waals surface area contributed by atoms with E-state index in [1.165, 1.54) is 18.1 Å². The van der Waals surface area contributed by atoms with Crippen LogP contribution in [-0.4, -0.2) is 69.4 Å². The van der Waals surface area contributed by atoms with Crippen LogP contribution < -0.4 is 4.74 Å². The van der Waals surface area contributed by atoms with Gasteiger partial charge < -0.3 is 14.5 Å². The maximum absolute atomic E-state index is 13.7. The van der Waals surface area contributed by atoms with Gasteiger partial charge in [-0.1, -0.05) is 18.2 Å². The number of hydrogen-bond donors (Lipinski definition) is 0. The van der Waals surface area contributed by atoms with E-state index in [-0.39, 0.29) is 16.5 Å². The third-order valence-electron chi connectivity index (χ3n) is 4.77. The zero-order valence-electron chi connectivity index (χ0n) is 17.3. The first-order valence-corrected chi connectivity index (χ1v) is 11.5. The SMILES string of the molecule is COc1ccc(S(=O)(=O)n2c(C(=O)N(C)CCN(C)C)cc3ccccc32)c(Br)c1. The molecule has 1 aromatic heterocycles. The number of fused-ring (bicyclic) bond motifs is 1. The molecule has 0 N–H and O–H groups in total. The predicted molar refractivity (Wildman–Crippen MR) is 121 cm³/mol. The molecule has 3 aromatic rings. The van der Waals surface area contributed by atoms with Crippen molar-refractivity contribution in [3.05, 3.63) is 58.7 Å². The number of para-hydroxylation sites is 1. The van der Waals surface area contributed by atoms with Gasteiger partial charge in [-0.2, -0.15) is 0 Å². The lowest BCUT2D eigenvalue weighted by molar-refractivity contribution is 0.0779. The van der Waals surface area contributed by atoms with Crippen molar-refractivity contribution in [3.8, 4) is 5.75 Å². The molecule has 0 saturated carbocycles. The second-order valence-corrected chi connectivity index (χ2v) is 9.79. The zero-order valence-corrected chi connectivity index (χ0v) is 19.7. The second-order valence-electron chi connectivity index (χ2n) is 7.18. The van der Waals surface area contributed by atoms with E-state index in [2.05, 4.69) is 15.9 Å². The number of benzene rings is 2. The van der Waals surface area contributed by atoms with Crippen molar-refractivity contribution in [3.63, 3.8) is 0 Å². The van der Waals surface area contributed by atoms with Gasteiger partial charge in [0.2, 0.25) is 0 Å². The molecule has 9 heteroatoms. The van der Waals surface area contributed by atoms with E-state index in [4.69, 9.17) is 4.74 Å². The minimum atomic E-state index is -4.06. The summed E-state index contributed by atoms with van der Waals surface area (Å²) >= 11 is 3.33. The number of carbonyl (C=O) groups excluding carboxylic acids is 1. The molecule has 7 nitrogen and oxygen atoms in total. The Morgan fingerprint density at radius 1 is 1.07 bits per heavy atom. The van der Waals surface area contributed by atoms with Crippen LogP contribution in [0.25, 0.3) is 10.9 Å². The molecule has 0 saturated heterocycles. The maximum atomic E-state index is 13.7. The Hall–Kier alpha value is -2.36. The number of hydrogen-bond acceptors (Lipinski definition) is 5. The van der Waals surface area contributed by atoms with E-state index in [1.54, 1.807) is 43.4 Å². The van der Waals surface area contributed by atoms with Crippen LogP contribution >= 0.6 is 15.9 Å². The summed E-state index contributed by atoms with van der Waals surface area (Å²) in [6.07, 6.45) is 0. The normalized spacial score (nSPS) is 11.8. The average molecular weight is 494 g/mol. The number of rotatable bonds is 7. The van der Waals surface area contributed by atoms with Crippen LogP contribution in [-0.2, 0) is 10.0 Å². The predicted octanol–water partition coefficient (Wildman–Crippen LogP) is 3.28. The summed E-state index contributed by atoms with van der Waals surface area (Å²) in [5, 5.41) is 0.676. The number of aromatic nitrogens is 1. The average Bonchev–Trinajstić information content (AvgIpc) is 3.11. The maximum Gasteiger partial charge on any atom is 0.271 e. The Kier molecular flexibility index (Phi) is 6.54. The second kappa shape index (κ2) is 8.79. The smallest absolute Gasteiger partial charge is 0.271 e. The van der Waals surface area contributed by atoms with E-state index in [1.807, 2.05) is 25.1 Å². The highest BCUT2D eigenvalue weighted by atomic mass is 79.9. The standard InChI is InChI=1S/C21H24BrN3O4S/c1-23(2)11-12-24(3)21(26)19-13-15-7-5-6-8-18(15)25(19)30(27,28)20-10-9-16(29-4)14-17(20)22/h5-10,13-14H,11-12H2,1-4H3. The Morgan fingerprint density at radius 3 is 2.40 bits per heavy atom. The first-order valence-electron chi connectivity index (χ1n) is 9.26. The lowest BCUT2D eigenvalue weighted by Gasteiger charge is -2.21. The zero-order chi connectivity index (χ0) is 22.1. The molecule has 0 fully saturated rings. The van der Waals surface area contributed by atoms with Crippen molar-refractivity contribution >= 4 is 42.8 Å². The molecule has 0 radical (unpaired) electrons. The summed E-state index contributed by atoms with van der Waals surface area (Å²) in [6.45, 7) is 1.14. The van der Waals surface area contributed by atoms with E-state index < -0.39 is 10.0 Å². The highest BCUT2D eigenvalue weighted by molar-refractivity contribution is 9.10. The third kappa shape index (κ3) is 4.23. The number of likely N-dealkylation sites (N-methyl/N-ethyl adjacent to an activating group) is 2. The Labute approximate surface area is 185 Å². The first-order chi connectivity index (χ1) is 14.2. The molecule has 2 aromatic carbocycles. The third-order valence-corrected chi connectivity index (χ3v) is 7.48. The van der Waals surface area contributed by atoms with Gasteiger partial charge in [0.05, 0.1) is 12.6 Å². The summed E-state index contributed by atoms with van der Waals surface area (Å²) < 4.78 is 34.0. The molecule has 0 aliphatic carbocycles. The van der Waals surface area contributed by atoms with Crippen LogP contribution in [0.5, 0.6) is 5.75 Å². The summed E-state index contributed by atoms with van der Waals surface area (Å²) in [4.78, 5) is 16.7. The lowest BCUT2D eigenvalue weighted by atomic mass is 10.2. The van der Waals surface area contributed by atoms with Crippen molar-refractivity contribution in [2.24, 2.45) is 0 Å². The van der Waals surface area contributed by atoms with Gasteiger partial charge in [-0.05, 0) is 60.4 Å². The van der Waals surface area contributed by atoms with Gasteiger partial charge in [-0.15, -0.1) is 0 Å². The number of carbonyl (C=O) groups is 1. The Balaban J connectivity index is 2.17. The highest BCUT2D eigenvalue weighted by Gasteiger charge is 2.29. The fourth-order valence-corrected chi connectivity index (χ4v) is 5.63. The summed E-state index contributed by atoms with van der Waals surface area (Å²) in [5.74, 6) is 0.166. The minimum absolute atomic E-state index is 0.0506. The van der Waals surface area contributed by atoms with Gasteiger partial charge in [0.15, 0.2) is 0 Å².